The van der Waals surface area contributed by atoms with Crippen molar-refractivity contribution in [1.82, 2.24) is 15.1 Å². The van der Waals surface area contributed by atoms with Gasteiger partial charge in [-0.15, -0.1) is 0 Å². The normalized spacial score (nSPS) is 19.7. The van der Waals surface area contributed by atoms with Crippen LogP contribution in [0.5, 0.6) is 0 Å². The Labute approximate surface area is 132 Å². The third kappa shape index (κ3) is 5.24. The van der Waals surface area contributed by atoms with Crippen molar-refractivity contribution in [2.75, 3.05) is 46.3 Å². The number of piperazine rings is 1. The van der Waals surface area contributed by atoms with E-state index in [1.807, 2.05) is 24.3 Å². The first-order valence-electron chi connectivity index (χ1n) is 7.63. The summed E-state index contributed by atoms with van der Waals surface area (Å²) in [5, 5.41) is 14.4. The molecule has 1 aliphatic heterocycles. The molecule has 0 radical (unpaired) electrons. The summed E-state index contributed by atoms with van der Waals surface area (Å²) in [4.78, 5) is 4.51. The molecule has 2 N–H and O–H groups in total. The van der Waals surface area contributed by atoms with Gasteiger partial charge in [-0.05, 0) is 31.7 Å². The molecule has 1 aromatic carbocycles. The fourth-order valence-corrected chi connectivity index (χ4v) is 2.86. The average molecular weight is 312 g/mol. The van der Waals surface area contributed by atoms with Gasteiger partial charge in [0.2, 0.25) is 0 Å². The second kappa shape index (κ2) is 8.11. The van der Waals surface area contributed by atoms with Gasteiger partial charge in [-0.3, -0.25) is 9.80 Å². The molecule has 2 rings (SSSR count). The molecule has 0 aromatic heterocycles. The minimum Gasteiger partial charge on any atom is -0.390 e. The van der Waals surface area contributed by atoms with Gasteiger partial charge in [0.15, 0.2) is 0 Å². The van der Waals surface area contributed by atoms with Gasteiger partial charge in [0.1, 0.15) is 0 Å². The van der Waals surface area contributed by atoms with E-state index in [9.17, 15) is 5.11 Å². The Hall–Kier alpha value is -0.650. The fraction of sp³-hybridized carbons (Fsp3) is 0.625. The van der Waals surface area contributed by atoms with Crippen LogP contribution in [0.4, 0.5) is 0 Å². The third-order valence-electron chi connectivity index (χ3n) is 4.19. The highest BCUT2D eigenvalue weighted by Gasteiger charge is 2.18. The summed E-state index contributed by atoms with van der Waals surface area (Å²) in [6.07, 6.45) is -0.317. The van der Waals surface area contributed by atoms with Crippen LogP contribution in [0.3, 0.4) is 0 Å². The van der Waals surface area contributed by atoms with Crippen LogP contribution in [0, 0.1) is 0 Å². The molecule has 4 nitrogen and oxygen atoms in total. The van der Waals surface area contributed by atoms with Crippen LogP contribution in [0.1, 0.15) is 18.5 Å². The van der Waals surface area contributed by atoms with Gasteiger partial charge >= 0.3 is 0 Å². The molecule has 1 fully saturated rings. The highest BCUT2D eigenvalue weighted by molar-refractivity contribution is 6.30. The Kier molecular flexibility index (Phi) is 6.45. The van der Waals surface area contributed by atoms with E-state index >= 15 is 0 Å². The molecule has 1 heterocycles. The molecule has 1 aromatic rings. The number of aliphatic hydroxyl groups is 1. The average Bonchev–Trinajstić information content (AvgIpc) is 2.48. The Morgan fingerprint density at radius 1 is 1.29 bits per heavy atom. The molecule has 0 amide bonds. The Morgan fingerprint density at radius 3 is 2.52 bits per heavy atom. The number of hydrogen-bond donors (Lipinski definition) is 2. The van der Waals surface area contributed by atoms with Crippen molar-refractivity contribution >= 4 is 11.6 Å². The Balaban J connectivity index is 1.81. The molecule has 0 spiro atoms. The molecular weight excluding hydrogens is 286 g/mol. The topological polar surface area (TPSA) is 38.7 Å². The predicted molar refractivity (Wildman–Crippen MR) is 87.8 cm³/mol. The zero-order valence-corrected chi connectivity index (χ0v) is 13.7. The van der Waals surface area contributed by atoms with Gasteiger partial charge in [-0.25, -0.2) is 0 Å². The number of nitrogens with zero attached hydrogens (tertiary/aromatic N) is 2. The third-order valence-corrected chi connectivity index (χ3v) is 4.44. The van der Waals surface area contributed by atoms with Crippen LogP contribution >= 0.6 is 11.6 Å². The Morgan fingerprint density at radius 2 is 1.90 bits per heavy atom. The lowest BCUT2D eigenvalue weighted by atomic mass is 10.1. The summed E-state index contributed by atoms with van der Waals surface area (Å²) < 4.78 is 0. The molecular formula is C16H26ClN3O. The second-order valence-electron chi connectivity index (χ2n) is 5.87. The number of benzene rings is 1. The second-order valence-corrected chi connectivity index (χ2v) is 6.31. The van der Waals surface area contributed by atoms with Crippen molar-refractivity contribution in [2.45, 2.75) is 19.1 Å². The van der Waals surface area contributed by atoms with Crippen LogP contribution in [-0.4, -0.2) is 67.3 Å². The SMILES string of the molecule is CC(c1ccc(Cl)cc1)N(C)CC(O)CN1CCNCC1. The summed E-state index contributed by atoms with van der Waals surface area (Å²) in [5.74, 6) is 0. The maximum absolute atomic E-state index is 10.3. The lowest BCUT2D eigenvalue weighted by Crippen LogP contribution is -2.48. The molecule has 0 saturated carbocycles. The molecule has 2 unspecified atom stereocenters. The number of rotatable bonds is 6. The molecule has 2 atom stereocenters. The van der Waals surface area contributed by atoms with Crippen LogP contribution < -0.4 is 5.32 Å². The van der Waals surface area contributed by atoms with Gasteiger partial charge in [-0.1, -0.05) is 23.7 Å². The van der Waals surface area contributed by atoms with E-state index in [4.69, 9.17) is 11.6 Å². The summed E-state index contributed by atoms with van der Waals surface area (Å²) in [6.45, 7) is 7.66. The lowest BCUT2D eigenvalue weighted by Gasteiger charge is -2.32. The molecule has 5 heteroatoms. The molecule has 0 aliphatic carbocycles. The first kappa shape index (κ1) is 16.7. The number of hydrogen-bond acceptors (Lipinski definition) is 4. The summed E-state index contributed by atoms with van der Waals surface area (Å²) in [7, 11) is 2.06. The van der Waals surface area contributed by atoms with Crippen molar-refractivity contribution in [3.63, 3.8) is 0 Å². The van der Waals surface area contributed by atoms with Crippen LogP contribution in [0.2, 0.25) is 5.02 Å². The molecule has 21 heavy (non-hydrogen) atoms. The van der Waals surface area contributed by atoms with Crippen molar-refractivity contribution in [2.24, 2.45) is 0 Å². The van der Waals surface area contributed by atoms with E-state index in [0.717, 1.165) is 37.7 Å². The smallest absolute Gasteiger partial charge is 0.0793 e. The standard InChI is InChI=1S/C16H26ClN3O/c1-13(14-3-5-15(17)6-4-14)19(2)11-16(21)12-20-9-7-18-8-10-20/h3-6,13,16,18,21H,7-12H2,1-2H3. The Bertz CT molecular complexity index is 420. The zero-order chi connectivity index (χ0) is 15.2. The van der Waals surface area contributed by atoms with Crippen LogP contribution in [-0.2, 0) is 0 Å². The predicted octanol–water partition coefficient (Wildman–Crippen LogP) is 1.60. The quantitative estimate of drug-likeness (QED) is 0.837. The van der Waals surface area contributed by atoms with Crippen molar-refractivity contribution < 1.29 is 5.11 Å². The van der Waals surface area contributed by atoms with E-state index in [-0.39, 0.29) is 12.1 Å². The van der Waals surface area contributed by atoms with Gasteiger partial charge < -0.3 is 10.4 Å². The lowest BCUT2D eigenvalue weighted by molar-refractivity contribution is 0.0667. The zero-order valence-electron chi connectivity index (χ0n) is 12.9. The van der Waals surface area contributed by atoms with E-state index in [1.54, 1.807) is 0 Å². The maximum Gasteiger partial charge on any atom is 0.0793 e. The van der Waals surface area contributed by atoms with Crippen molar-refractivity contribution in [1.29, 1.82) is 0 Å². The molecule has 118 valence electrons. The first-order valence-corrected chi connectivity index (χ1v) is 8.01. The minimum absolute atomic E-state index is 0.264. The highest BCUT2D eigenvalue weighted by atomic mass is 35.5. The highest BCUT2D eigenvalue weighted by Crippen LogP contribution is 2.20. The van der Waals surface area contributed by atoms with Gasteiger partial charge in [0, 0.05) is 50.3 Å². The van der Waals surface area contributed by atoms with Gasteiger partial charge in [-0.2, -0.15) is 0 Å². The van der Waals surface area contributed by atoms with Gasteiger partial charge in [0.05, 0.1) is 6.10 Å². The van der Waals surface area contributed by atoms with Crippen LogP contribution in [0.25, 0.3) is 0 Å². The largest absolute Gasteiger partial charge is 0.390 e. The number of halogens is 1. The molecule has 1 saturated heterocycles. The van der Waals surface area contributed by atoms with Gasteiger partial charge in [0.25, 0.3) is 0 Å². The van der Waals surface area contributed by atoms with E-state index in [1.165, 1.54) is 5.56 Å². The fourth-order valence-electron chi connectivity index (χ4n) is 2.74. The number of β-amino-alcohol motifs (C(OH)–C–C–N with tert-alkyl or cyclic N) is 1. The van der Waals surface area contributed by atoms with Crippen molar-refractivity contribution in [3.8, 4) is 0 Å². The van der Waals surface area contributed by atoms with E-state index in [2.05, 4.69) is 29.1 Å². The molecule has 0 bridgehead atoms. The molecule has 1 aliphatic rings. The van der Waals surface area contributed by atoms with E-state index < -0.39 is 0 Å². The number of likely N-dealkylation sites (N-methyl/N-ethyl adjacent to an activating group) is 1. The number of nitrogens with one attached hydrogen (secondary N) is 1. The summed E-state index contributed by atoms with van der Waals surface area (Å²) in [6, 6.07) is 8.19. The van der Waals surface area contributed by atoms with Crippen molar-refractivity contribution in [3.05, 3.63) is 34.9 Å². The van der Waals surface area contributed by atoms with Crippen LogP contribution in [0.15, 0.2) is 24.3 Å². The van der Waals surface area contributed by atoms with E-state index in [0.29, 0.717) is 6.54 Å². The first-order chi connectivity index (χ1) is 10.1. The monoisotopic (exact) mass is 311 g/mol. The summed E-state index contributed by atoms with van der Waals surface area (Å²) >= 11 is 5.92. The maximum atomic E-state index is 10.3. The summed E-state index contributed by atoms with van der Waals surface area (Å²) in [5.41, 5.74) is 1.22. The minimum atomic E-state index is -0.317. The number of aliphatic hydroxyl groups excluding tert-OH is 1.